The maximum absolute atomic E-state index is 13.3. The van der Waals surface area contributed by atoms with Crippen molar-refractivity contribution in [1.82, 2.24) is 15.1 Å². The first-order chi connectivity index (χ1) is 14.4. The quantitative estimate of drug-likeness (QED) is 0.678. The fourth-order valence-electron chi connectivity index (χ4n) is 3.64. The van der Waals surface area contributed by atoms with E-state index in [2.05, 4.69) is 15.7 Å². The number of aryl methyl sites for hydroxylation is 1. The summed E-state index contributed by atoms with van der Waals surface area (Å²) in [5.41, 5.74) is 4.31. The number of para-hydroxylation sites is 1. The Morgan fingerprint density at radius 1 is 1.10 bits per heavy atom. The van der Waals surface area contributed by atoms with E-state index in [0.29, 0.717) is 5.69 Å². The third kappa shape index (κ3) is 3.80. The van der Waals surface area contributed by atoms with Gasteiger partial charge < -0.3 is 10.6 Å². The summed E-state index contributed by atoms with van der Waals surface area (Å²) in [7, 11) is 0. The van der Waals surface area contributed by atoms with Gasteiger partial charge in [0.05, 0.1) is 12.2 Å². The Kier molecular flexibility index (Phi) is 5.31. The zero-order valence-electron chi connectivity index (χ0n) is 16.3. The fourth-order valence-corrected chi connectivity index (χ4v) is 3.64. The van der Waals surface area contributed by atoms with Gasteiger partial charge >= 0.3 is 0 Å². The van der Waals surface area contributed by atoms with Crippen LogP contribution in [0, 0.1) is 18.6 Å². The third-order valence-electron chi connectivity index (χ3n) is 5.10. The van der Waals surface area contributed by atoms with Crippen LogP contribution in [0.5, 0.6) is 0 Å². The van der Waals surface area contributed by atoms with Crippen LogP contribution < -0.4 is 10.6 Å². The number of halogens is 2. The molecule has 1 aliphatic carbocycles. The van der Waals surface area contributed by atoms with E-state index in [1.165, 1.54) is 6.07 Å². The van der Waals surface area contributed by atoms with Crippen LogP contribution in [0.15, 0.2) is 42.5 Å². The number of aromatic nitrogens is 2. The number of rotatable bonds is 5. The summed E-state index contributed by atoms with van der Waals surface area (Å²) < 4.78 is 28.1. The highest BCUT2D eigenvalue weighted by Crippen LogP contribution is 2.28. The second-order valence-electron chi connectivity index (χ2n) is 7.19. The highest BCUT2D eigenvalue weighted by molar-refractivity contribution is 5.99. The topological polar surface area (TPSA) is 76.0 Å². The molecule has 0 fully saturated rings. The molecule has 2 N–H and O–H groups in total. The van der Waals surface area contributed by atoms with Crippen LogP contribution in [-0.2, 0) is 17.6 Å². The van der Waals surface area contributed by atoms with Gasteiger partial charge in [-0.05, 0) is 49.9 Å². The summed E-state index contributed by atoms with van der Waals surface area (Å²) in [6, 6.07) is 10.9. The van der Waals surface area contributed by atoms with Gasteiger partial charge in [-0.2, -0.15) is 5.10 Å². The van der Waals surface area contributed by atoms with Crippen LogP contribution in [0.25, 0.3) is 5.69 Å². The molecule has 0 spiro atoms. The maximum Gasteiger partial charge on any atom is 0.272 e. The molecule has 0 saturated carbocycles. The maximum atomic E-state index is 13.3. The van der Waals surface area contributed by atoms with Crippen molar-refractivity contribution >= 4 is 17.5 Å². The van der Waals surface area contributed by atoms with Crippen LogP contribution in [0.2, 0.25) is 0 Å². The highest BCUT2D eigenvalue weighted by atomic mass is 19.2. The SMILES string of the molecule is Cc1ccccc1-n1nc(C(=O)NCC(=O)Nc2ccc(F)c(F)c2)c2c1CCC2. The summed E-state index contributed by atoms with van der Waals surface area (Å²) in [5, 5.41) is 9.51. The Morgan fingerprint density at radius 2 is 1.90 bits per heavy atom. The van der Waals surface area contributed by atoms with Crippen molar-refractivity contribution in [2.24, 2.45) is 0 Å². The van der Waals surface area contributed by atoms with Crippen molar-refractivity contribution in [3.63, 3.8) is 0 Å². The summed E-state index contributed by atoms with van der Waals surface area (Å²) in [6.07, 6.45) is 2.53. The van der Waals surface area contributed by atoms with Gasteiger partial charge in [-0.3, -0.25) is 9.59 Å². The summed E-state index contributed by atoms with van der Waals surface area (Å²) in [5.74, 6) is -3.06. The molecule has 2 amide bonds. The number of hydrogen-bond donors (Lipinski definition) is 2. The second-order valence-corrected chi connectivity index (χ2v) is 7.19. The average molecular weight is 410 g/mol. The molecule has 1 aliphatic rings. The Hall–Kier alpha value is -3.55. The van der Waals surface area contributed by atoms with E-state index in [0.717, 1.165) is 53.9 Å². The van der Waals surface area contributed by atoms with Gasteiger partial charge in [0.25, 0.3) is 5.91 Å². The van der Waals surface area contributed by atoms with Gasteiger partial charge in [0.2, 0.25) is 5.91 Å². The summed E-state index contributed by atoms with van der Waals surface area (Å²) >= 11 is 0. The molecule has 3 aromatic rings. The molecule has 154 valence electrons. The van der Waals surface area contributed by atoms with Gasteiger partial charge in [-0.15, -0.1) is 0 Å². The van der Waals surface area contributed by atoms with Crippen LogP contribution in [-0.4, -0.2) is 28.1 Å². The minimum Gasteiger partial charge on any atom is -0.342 e. The molecule has 0 bridgehead atoms. The number of anilines is 1. The van der Waals surface area contributed by atoms with Crippen molar-refractivity contribution in [2.45, 2.75) is 26.2 Å². The van der Waals surface area contributed by atoms with Crippen LogP contribution >= 0.6 is 0 Å². The molecule has 1 aromatic heterocycles. The van der Waals surface area contributed by atoms with Crippen molar-refractivity contribution in [2.75, 3.05) is 11.9 Å². The first-order valence-corrected chi connectivity index (χ1v) is 9.64. The molecule has 1 heterocycles. The highest BCUT2D eigenvalue weighted by Gasteiger charge is 2.27. The first kappa shape index (κ1) is 19.8. The molecule has 0 unspecified atom stereocenters. The van der Waals surface area contributed by atoms with Crippen molar-refractivity contribution in [3.05, 3.63) is 76.6 Å². The number of nitrogens with zero attached hydrogens (tertiary/aromatic N) is 2. The molecule has 6 nitrogen and oxygen atoms in total. The Morgan fingerprint density at radius 3 is 2.67 bits per heavy atom. The lowest BCUT2D eigenvalue weighted by molar-refractivity contribution is -0.115. The number of benzene rings is 2. The molecule has 8 heteroatoms. The molecule has 0 saturated heterocycles. The van der Waals surface area contributed by atoms with Crippen LogP contribution in [0.3, 0.4) is 0 Å². The molecular formula is C22H20F2N4O2. The minimum atomic E-state index is -1.06. The van der Waals surface area contributed by atoms with Gasteiger partial charge in [-0.25, -0.2) is 13.5 Å². The molecule has 4 rings (SSSR count). The lowest BCUT2D eigenvalue weighted by Gasteiger charge is -2.08. The smallest absolute Gasteiger partial charge is 0.272 e. The van der Waals surface area contributed by atoms with Gasteiger partial charge in [-0.1, -0.05) is 18.2 Å². The predicted octanol–water partition coefficient (Wildman–Crippen LogP) is 3.32. The normalized spacial score (nSPS) is 12.5. The van der Waals surface area contributed by atoms with E-state index >= 15 is 0 Å². The monoisotopic (exact) mass is 410 g/mol. The molecule has 0 atom stereocenters. The molecule has 30 heavy (non-hydrogen) atoms. The zero-order chi connectivity index (χ0) is 21.3. The van der Waals surface area contributed by atoms with Crippen LogP contribution in [0.4, 0.5) is 14.5 Å². The standard InChI is InChI=1S/C22H20F2N4O2/c1-13-5-2-3-7-18(13)28-19-8-4-6-15(19)21(27-28)22(30)25-12-20(29)26-14-9-10-16(23)17(24)11-14/h2-3,5,7,9-11H,4,6,8,12H2,1H3,(H,25,30)(H,26,29). The van der Waals surface area contributed by atoms with E-state index in [1.54, 1.807) is 0 Å². The largest absolute Gasteiger partial charge is 0.342 e. The molecule has 0 aliphatic heterocycles. The summed E-state index contributed by atoms with van der Waals surface area (Å²) in [6.45, 7) is 1.67. The van der Waals surface area contributed by atoms with Crippen molar-refractivity contribution < 1.29 is 18.4 Å². The number of amides is 2. The molecular weight excluding hydrogens is 390 g/mol. The minimum absolute atomic E-state index is 0.109. The Labute approximate surface area is 171 Å². The van der Waals surface area contributed by atoms with Gasteiger partial charge in [0.1, 0.15) is 0 Å². The van der Waals surface area contributed by atoms with E-state index in [4.69, 9.17) is 0 Å². The first-order valence-electron chi connectivity index (χ1n) is 9.64. The predicted molar refractivity (Wildman–Crippen MR) is 108 cm³/mol. The zero-order valence-corrected chi connectivity index (χ0v) is 16.3. The lowest BCUT2D eigenvalue weighted by atomic mass is 10.2. The molecule has 0 radical (unpaired) electrons. The number of nitrogens with one attached hydrogen (secondary N) is 2. The summed E-state index contributed by atoms with van der Waals surface area (Å²) in [4.78, 5) is 24.8. The Balaban J connectivity index is 1.47. The molecule has 2 aromatic carbocycles. The lowest BCUT2D eigenvalue weighted by Crippen LogP contribution is -2.33. The van der Waals surface area contributed by atoms with Gasteiger partial charge in [0.15, 0.2) is 17.3 Å². The number of hydrogen-bond acceptors (Lipinski definition) is 3. The van der Waals surface area contributed by atoms with E-state index in [1.807, 2.05) is 35.9 Å². The number of fused-ring (bicyclic) bond motifs is 1. The van der Waals surface area contributed by atoms with Crippen LogP contribution in [0.1, 0.15) is 33.7 Å². The second kappa shape index (κ2) is 8.06. The van der Waals surface area contributed by atoms with Gasteiger partial charge in [0, 0.05) is 23.0 Å². The average Bonchev–Trinajstić information content (AvgIpc) is 3.32. The van der Waals surface area contributed by atoms with E-state index < -0.39 is 23.4 Å². The number of carbonyl (C=O) groups is 2. The van der Waals surface area contributed by atoms with E-state index in [-0.39, 0.29) is 12.2 Å². The van der Waals surface area contributed by atoms with E-state index in [9.17, 15) is 18.4 Å². The third-order valence-corrected chi connectivity index (χ3v) is 5.10. The van der Waals surface area contributed by atoms with Crippen molar-refractivity contribution in [3.8, 4) is 5.69 Å². The number of carbonyl (C=O) groups excluding carboxylic acids is 2. The fraction of sp³-hybridized carbons (Fsp3) is 0.227. The van der Waals surface area contributed by atoms with Crippen molar-refractivity contribution in [1.29, 1.82) is 0 Å². The Bertz CT molecular complexity index is 1140.